The summed E-state index contributed by atoms with van der Waals surface area (Å²) in [4.78, 5) is 2.43. The molecule has 2 aromatic carbocycles. The van der Waals surface area contributed by atoms with Gasteiger partial charge in [0.1, 0.15) is 0 Å². The van der Waals surface area contributed by atoms with Crippen LogP contribution in [0.4, 0.5) is 0 Å². The van der Waals surface area contributed by atoms with Gasteiger partial charge in [-0.1, -0.05) is 42.1 Å². The molecule has 0 radical (unpaired) electrons. The van der Waals surface area contributed by atoms with Crippen LogP contribution in [0.15, 0.2) is 62.8 Å². The molecule has 2 aromatic rings. The van der Waals surface area contributed by atoms with Crippen molar-refractivity contribution in [2.24, 2.45) is 5.73 Å². The first kappa shape index (κ1) is 11.7. The first-order chi connectivity index (χ1) is 7.81. The Bertz CT molecular complexity index is 485. The Morgan fingerprint density at radius 2 is 1.56 bits per heavy atom. The van der Waals surface area contributed by atoms with E-state index < -0.39 is 0 Å². The molecule has 0 amide bonds. The zero-order valence-electron chi connectivity index (χ0n) is 8.69. The monoisotopic (exact) mass is 293 g/mol. The molecule has 0 heterocycles. The summed E-state index contributed by atoms with van der Waals surface area (Å²) in [5.74, 6) is 0. The van der Waals surface area contributed by atoms with E-state index in [2.05, 4.69) is 34.1 Å². The lowest BCUT2D eigenvalue weighted by atomic mass is 10.2. The summed E-state index contributed by atoms with van der Waals surface area (Å²) in [6.45, 7) is 0.577. The predicted molar refractivity (Wildman–Crippen MR) is 72.6 cm³/mol. The van der Waals surface area contributed by atoms with Gasteiger partial charge in [-0.05, 0) is 39.7 Å². The second kappa shape index (κ2) is 5.53. The van der Waals surface area contributed by atoms with Gasteiger partial charge in [-0.15, -0.1) is 0 Å². The van der Waals surface area contributed by atoms with Crippen LogP contribution in [0.5, 0.6) is 0 Å². The molecule has 0 aliphatic carbocycles. The number of nitrogens with two attached hydrogens (primary N) is 1. The second-order valence-corrected chi connectivity index (χ2v) is 5.28. The van der Waals surface area contributed by atoms with E-state index in [1.807, 2.05) is 30.3 Å². The zero-order chi connectivity index (χ0) is 11.4. The summed E-state index contributed by atoms with van der Waals surface area (Å²) in [5.41, 5.74) is 6.90. The Hall–Kier alpha value is -0.770. The van der Waals surface area contributed by atoms with E-state index >= 15 is 0 Å². The van der Waals surface area contributed by atoms with Gasteiger partial charge in [-0.2, -0.15) is 0 Å². The zero-order valence-corrected chi connectivity index (χ0v) is 11.1. The number of rotatable bonds is 3. The molecule has 2 rings (SSSR count). The molecule has 0 bridgehead atoms. The van der Waals surface area contributed by atoms with Gasteiger partial charge >= 0.3 is 0 Å². The summed E-state index contributed by atoms with van der Waals surface area (Å²) < 4.78 is 1.12. The highest BCUT2D eigenvalue weighted by Crippen LogP contribution is 2.34. The number of halogens is 1. The Morgan fingerprint density at radius 1 is 0.938 bits per heavy atom. The van der Waals surface area contributed by atoms with Crippen molar-refractivity contribution in [3.63, 3.8) is 0 Å². The van der Waals surface area contributed by atoms with Crippen molar-refractivity contribution in [3.05, 3.63) is 58.6 Å². The van der Waals surface area contributed by atoms with Crippen LogP contribution in [0.25, 0.3) is 0 Å². The maximum atomic E-state index is 5.72. The van der Waals surface area contributed by atoms with Crippen LogP contribution >= 0.6 is 27.7 Å². The van der Waals surface area contributed by atoms with Gasteiger partial charge in [0, 0.05) is 20.8 Å². The summed E-state index contributed by atoms with van der Waals surface area (Å²) >= 11 is 5.29. The average Bonchev–Trinajstić information content (AvgIpc) is 2.33. The maximum Gasteiger partial charge on any atom is 0.0314 e. The van der Waals surface area contributed by atoms with Crippen LogP contribution in [0.2, 0.25) is 0 Å². The molecule has 0 aromatic heterocycles. The Kier molecular flexibility index (Phi) is 4.04. The number of benzene rings is 2. The van der Waals surface area contributed by atoms with Crippen molar-refractivity contribution < 1.29 is 0 Å². The highest BCUT2D eigenvalue weighted by atomic mass is 79.9. The minimum absolute atomic E-state index is 0.577. The second-order valence-electron chi connectivity index (χ2n) is 3.34. The smallest absolute Gasteiger partial charge is 0.0314 e. The van der Waals surface area contributed by atoms with Crippen LogP contribution in [-0.2, 0) is 6.54 Å². The lowest BCUT2D eigenvalue weighted by molar-refractivity contribution is 1.03. The fraction of sp³-hybridized carbons (Fsp3) is 0.0769. The standard InChI is InChI=1S/C13H12BrNS/c14-11-6-2-4-8-13(11)16-12-7-3-1-5-10(12)9-15/h1-8H,9,15H2. The van der Waals surface area contributed by atoms with Crippen molar-refractivity contribution in [1.29, 1.82) is 0 Å². The summed E-state index contributed by atoms with van der Waals surface area (Å²) in [6, 6.07) is 16.4. The van der Waals surface area contributed by atoms with Gasteiger partial charge in [-0.3, -0.25) is 0 Å². The lowest BCUT2D eigenvalue weighted by Crippen LogP contribution is -1.97. The molecule has 3 heteroatoms. The van der Waals surface area contributed by atoms with Gasteiger partial charge in [0.05, 0.1) is 0 Å². The molecule has 0 aliphatic rings. The Balaban J connectivity index is 2.30. The predicted octanol–water partition coefficient (Wildman–Crippen LogP) is 4.06. The van der Waals surface area contributed by atoms with Gasteiger partial charge in [-0.25, -0.2) is 0 Å². The molecule has 2 N–H and O–H groups in total. The molecular weight excluding hydrogens is 282 g/mol. The first-order valence-corrected chi connectivity index (χ1v) is 6.62. The molecule has 0 aliphatic heterocycles. The maximum absolute atomic E-state index is 5.72. The van der Waals surface area contributed by atoms with E-state index in [0.717, 1.165) is 4.47 Å². The van der Waals surface area contributed by atoms with E-state index in [-0.39, 0.29) is 0 Å². The van der Waals surface area contributed by atoms with Gasteiger partial charge in [0.2, 0.25) is 0 Å². The fourth-order valence-electron chi connectivity index (χ4n) is 1.42. The summed E-state index contributed by atoms with van der Waals surface area (Å²) in [5, 5.41) is 0. The molecule has 82 valence electrons. The third kappa shape index (κ3) is 2.67. The molecule has 0 atom stereocenters. The van der Waals surface area contributed by atoms with E-state index in [4.69, 9.17) is 5.73 Å². The topological polar surface area (TPSA) is 26.0 Å². The van der Waals surface area contributed by atoms with E-state index in [1.165, 1.54) is 15.4 Å². The van der Waals surface area contributed by atoms with Gasteiger partial charge in [0.15, 0.2) is 0 Å². The molecule has 0 spiro atoms. The minimum Gasteiger partial charge on any atom is -0.326 e. The molecule has 0 saturated heterocycles. The van der Waals surface area contributed by atoms with Gasteiger partial charge in [0.25, 0.3) is 0 Å². The fourth-order valence-corrected chi connectivity index (χ4v) is 2.92. The lowest BCUT2D eigenvalue weighted by Gasteiger charge is -2.08. The van der Waals surface area contributed by atoms with E-state index in [9.17, 15) is 0 Å². The Labute approximate surface area is 108 Å². The van der Waals surface area contributed by atoms with Crippen molar-refractivity contribution in [1.82, 2.24) is 0 Å². The molecule has 0 fully saturated rings. The normalized spacial score (nSPS) is 10.4. The SMILES string of the molecule is NCc1ccccc1Sc1ccccc1Br. The summed E-state index contributed by atoms with van der Waals surface area (Å²) in [6.07, 6.45) is 0. The number of hydrogen-bond acceptors (Lipinski definition) is 2. The van der Waals surface area contributed by atoms with E-state index in [0.29, 0.717) is 6.54 Å². The largest absolute Gasteiger partial charge is 0.326 e. The van der Waals surface area contributed by atoms with Crippen LogP contribution < -0.4 is 5.73 Å². The third-order valence-electron chi connectivity index (χ3n) is 2.25. The summed E-state index contributed by atoms with van der Waals surface area (Å²) in [7, 11) is 0. The Morgan fingerprint density at radius 3 is 2.25 bits per heavy atom. The van der Waals surface area contributed by atoms with Crippen molar-refractivity contribution in [2.75, 3.05) is 0 Å². The third-order valence-corrected chi connectivity index (χ3v) is 4.40. The van der Waals surface area contributed by atoms with Crippen LogP contribution in [-0.4, -0.2) is 0 Å². The van der Waals surface area contributed by atoms with Crippen molar-refractivity contribution in [2.45, 2.75) is 16.3 Å². The van der Waals surface area contributed by atoms with E-state index in [1.54, 1.807) is 11.8 Å². The molecule has 16 heavy (non-hydrogen) atoms. The quantitative estimate of drug-likeness (QED) is 0.924. The average molecular weight is 294 g/mol. The minimum atomic E-state index is 0.577. The first-order valence-electron chi connectivity index (χ1n) is 5.01. The highest BCUT2D eigenvalue weighted by molar-refractivity contribution is 9.10. The highest BCUT2D eigenvalue weighted by Gasteiger charge is 2.04. The van der Waals surface area contributed by atoms with Crippen LogP contribution in [0.3, 0.4) is 0 Å². The molecular formula is C13H12BrNS. The molecule has 0 saturated carbocycles. The molecule has 1 nitrogen and oxygen atoms in total. The molecule has 0 unspecified atom stereocenters. The van der Waals surface area contributed by atoms with Crippen molar-refractivity contribution >= 4 is 27.7 Å². The number of hydrogen-bond donors (Lipinski definition) is 1. The van der Waals surface area contributed by atoms with Crippen molar-refractivity contribution in [3.8, 4) is 0 Å². The van der Waals surface area contributed by atoms with Gasteiger partial charge < -0.3 is 5.73 Å². The van der Waals surface area contributed by atoms with Crippen LogP contribution in [0, 0.1) is 0 Å². The van der Waals surface area contributed by atoms with Crippen LogP contribution in [0.1, 0.15) is 5.56 Å².